The van der Waals surface area contributed by atoms with Crippen molar-refractivity contribution in [3.63, 3.8) is 0 Å². The molecule has 1 aliphatic rings. The van der Waals surface area contributed by atoms with E-state index < -0.39 is 0 Å². The number of urea groups is 1. The van der Waals surface area contributed by atoms with Gasteiger partial charge in [0.1, 0.15) is 0 Å². The van der Waals surface area contributed by atoms with E-state index in [0.29, 0.717) is 25.6 Å². The largest absolute Gasteiger partial charge is 0.393 e. The summed E-state index contributed by atoms with van der Waals surface area (Å²) < 4.78 is 0. The normalized spacial score (nSPS) is 18.8. The molecule has 1 aromatic rings. The number of aliphatic hydroxyl groups is 1. The van der Waals surface area contributed by atoms with Crippen LogP contribution in [-0.2, 0) is 13.0 Å². The molecule has 23 heavy (non-hydrogen) atoms. The van der Waals surface area contributed by atoms with Gasteiger partial charge in [-0.15, -0.1) is 11.3 Å². The van der Waals surface area contributed by atoms with Gasteiger partial charge in [0.15, 0.2) is 0 Å². The molecule has 3 N–H and O–H groups in total. The highest BCUT2D eigenvalue weighted by Crippen LogP contribution is 2.24. The highest BCUT2D eigenvalue weighted by molar-refractivity contribution is 7.10. The lowest BCUT2D eigenvalue weighted by Crippen LogP contribution is -2.47. The number of thiophene rings is 1. The summed E-state index contributed by atoms with van der Waals surface area (Å²) in [6, 6.07) is 2.41. The molecular formula is C17H29N3O2S. The van der Waals surface area contributed by atoms with Crippen LogP contribution in [0.25, 0.3) is 0 Å². The second kappa shape index (κ2) is 8.66. The Morgan fingerprint density at radius 3 is 2.83 bits per heavy atom. The molecule has 0 aromatic carbocycles. The summed E-state index contributed by atoms with van der Waals surface area (Å²) in [5.41, 5.74) is 1.43. The molecule has 1 aromatic heterocycles. The zero-order valence-electron chi connectivity index (χ0n) is 14.3. The van der Waals surface area contributed by atoms with Crippen LogP contribution in [0.1, 0.15) is 37.6 Å². The molecule has 5 nitrogen and oxygen atoms in total. The number of nitrogens with zero attached hydrogens (tertiary/aromatic N) is 1. The van der Waals surface area contributed by atoms with E-state index in [4.69, 9.17) is 0 Å². The average Bonchev–Trinajstić information content (AvgIpc) is 2.97. The van der Waals surface area contributed by atoms with Crippen LogP contribution in [0, 0.1) is 5.92 Å². The average molecular weight is 340 g/mol. The van der Waals surface area contributed by atoms with Crippen molar-refractivity contribution in [1.29, 1.82) is 0 Å². The van der Waals surface area contributed by atoms with Crippen molar-refractivity contribution < 1.29 is 9.90 Å². The highest BCUT2D eigenvalue weighted by Gasteiger charge is 2.21. The lowest BCUT2D eigenvalue weighted by Gasteiger charge is -2.32. The van der Waals surface area contributed by atoms with Crippen LogP contribution >= 0.6 is 11.3 Å². The van der Waals surface area contributed by atoms with Gasteiger partial charge in [-0.05, 0) is 49.6 Å². The van der Waals surface area contributed by atoms with Crippen LogP contribution in [-0.4, -0.2) is 47.8 Å². The Bertz CT molecular complexity index is 504. The first kappa shape index (κ1) is 18.2. The second-order valence-electron chi connectivity index (χ2n) is 6.72. The number of hydrogen-bond donors (Lipinski definition) is 3. The van der Waals surface area contributed by atoms with E-state index in [-0.39, 0.29) is 18.1 Å². The van der Waals surface area contributed by atoms with Crippen molar-refractivity contribution >= 4 is 17.4 Å². The van der Waals surface area contributed by atoms with Gasteiger partial charge in [-0.2, -0.15) is 0 Å². The van der Waals surface area contributed by atoms with Crippen LogP contribution in [0.3, 0.4) is 0 Å². The standard InChI is InChI=1S/C17H29N3O2S/c1-12(8-14(3)21)9-18-17(22)19-10-13(2)20-6-4-16-15(11-20)5-7-23-16/h5,7,12-14,21H,4,6,8-11H2,1-3H3,(H2,18,19,22). The summed E-state index contributed by atoms with van der Waals surface area (Å²) in [6.45, 7) is 9.24. The molecule has 0 spiro atoms. The minimum absolute atomic E-state index is 0.123. The van der Waals surface area contributed by atoms with Gasteiger partial charge < -0.3 is 15.7 Å². The Morgan fingerprint density at radius 2 is 2.09 bits per heavy atom. The monoisotopic (exact) mass is 339 g/mol. The predicted molar refractivity (Wildman–Crippen MR) is 94.8 cm³/mol. The summed E-state index contributed by atoms with van der Waals surface area (Å²) >= 11 is 1.85. The third kappa shape index (κ3) is 5.79. The second-order valence-corrected chi connectivity index (χ2v) is 7.72. The van der Waals surface area contributed by atoms with Crippen LogP contribution in [0.2, 0.25) is 0 Å². The van der Waals surface area contributed by atoms with Crippen LogP contribution < -0.4 is 10.6 Å². The molecule has 1 aliphatic heterocycles. The zero-order chi connectivity index (χ0) is 16.8. The maximum Gasteiger partial charge on any atom is 0.314 e. The van der Waals surface area contributed by atoms with Crippen LogP contribution in [0.5, 0.6) is 0 Å². The third-order valence-corrected chi connectivity index (χ3v) is 5.40. The molecule has 2 amide bonds. The van der Waals surface area contributed by atoms with Crippen molar-refractivity contribution in [3.05, 3.63) is 21.9 Å². The molecule has 3 atom stereocenters. The minimum Gasteiger partial charge on any atom is -0.393 e. The quantitative estimate of drug-likeness (QED) is 0.713. The molecule has 130 valence electrons. The van der Waals surface area contributed by atoms with Gasteiger partial charge in [0.05, 0.1) is 6.10 Å². The van der Waals surface area contributed by atoms with Gasteiger partial charge in [-0.1, -0.05) is 6.92 Å². The summed E-state index contributed by atoms with van der Waals surface area (Å²) in [7, 11) is 0. The van der Waals surface area contributed by atoms with Gasteiger partial charge in [0.25, 0.3) is 0 Å². The summed E-state index contributed by atoms with van der Waals surface area (Å²) in [6.07, 6.45) is 1.49. The Labute approximate surface area is 143 Å². The van der Waals surface area contributed by atoms with E-state index >= 15 is 0 Å². The fourth-order valence-corrected chi connectivity index (χ4v) is 3.90. The molecule has 0 saturated heterocycles. The van der Waals surface area contributed by atoms with E-state index in [9.17, 15) is 9.90 Å². The summed E-state index contributed by atoms with van der Waals surface area (Å²) in [4.78, 5) is 15.8. The number of carbonyl (C=O) groups is 1. The van der Waals surface area contributed by atoms with E-state index in [1.54, 1.807) is 6.92 Å². The van der Waals surface area contributed by atoms with Gasteiger partial charge in [0.2, 0.25) is 0 Å². The van der Waals surface area contributed by atoms with E-state index in [1.165, 1.54) is 10.4 Å². The number of rotatable bonds is 7. The first-order valence-corrected chi connectivity index (χ1v) is 9.32. The number of aliphatic hydroxyl groups excluding tert-OH is 1. The van der Waals surface area contributed by atoms with Gasteiger partial charge in [-0.3, -0.25) is 4.90 Å². The van der Waals surface area contributed by atoms with Crippen molar-refractivity contribution in [3.8, 4) is 0 Å². The number of carbonyl (C=O) groups excluding carboxylic acids is 1. The molecular weight excluding hydrogens is 310 g/mol. The molecule has 0 fully saturated rings. The first-order chi connectivity index (χ1) is 11.0. The molecule has 3 unspecified atom stereocenters. The van der Waals surface area contributed by atoms with E-state index in [1.807, 2.05) is 18.3 Å². The molecule has 2 heterocycles. The molecule has 0 aliphatic carbocycles. The Balaban J connectivity index is 1.66. The topological polar surface area (TPSA) is 64.6 Å². The van der Waals surface area contributed by atoms with Gasteiger partial charge in [0, 0.05) is 37.1 Å². The smallest absolute Gasteiger partial charge is 0.314 e. The van der Waals surface area contributed by atoms with E-state index in [0.717, 1.165) is 19.5 Å². The molecule has 0 saturated carbocycles. The lowest BCUT2D eigenvalue weighted by atomic mass is 10.1. The van der Waals surface area contributed by atoms with Crippen LogP contribution in [0.4, 0.5) is 4.79 Å². The van der Waals surface area contributed by atoms with Gasteiger partial charge >= 0.3 is 6.03 Å². The molecule has 6 heteroatoms. The molecule has 0 radical (unpaired) electrons. The molecule has 0 bridgehead atoms. The van der Waals surface area contributed by atoms with Gasteiger partial charge in [-0.25, -0.2) is 4.79 Å². The van der Waals surface area contributed by atoms with Crippen molar-refractivity contribution in [2.45, 2.75) is 52.3 Å². The Morgan fingerprint density at radius 1 is 1.35 bits per heavy atom. The van der Waals surface area contributed by atoms with E-state index in [2.05, 4.69) is 33.9 Å². The Hall–Kier alpha value is -1.11. The maximum absolute atomic E-state index is 11.9. The predicted octanol–water partition coefficient (Wildman–Crippen LogP) is 2.20. The summed E-state index contributed by atoms with van der Waals surface area (Å²) in [5.74, 6) is 0.275. The number of fused-ring (bicyclic) bond motifs is 1. The minimum atomic E-state index is -0.323. The number of nitrogens with one attached hydrogen (secondary N) is 2. The molecule has 2 rings (SSSR count). The van der Waals surface area contributed by atoms with Crippen molar-refractivity contribution in [2.75, 3.05) is 19.6 Å². The van der Waals surface area contributed by atoms with Crippen molar-refractivity contribution in [2.24, 2.45) is 5.92 Å². The fraction of sp³-hybridized carbons (Fsp3) is 0.706. The lowest BCUT2D eigenvalue weighted by molar-refractivity contribution is 0.162. The van der Waals surface area contributed by atoms with Crippen molar-refractivity contribution in [1.82, 2.24) is 15.5 Å². The Kier molecular flexibility index (Phi) is 6.87. The SMILES string of the molecule is CC(O)CC(C)CNC(=O)NCC(C)N1CCc2sccc2C1. The van der Waals surface area contributed by atoms with Crippen LogP contribution in [0.15, 0.2) is 11.4 Å². The number of amides is 2. The third-order valence-electron chi connectivity index (χ3n) is 4.37. The first-order valence-electron chi connectivity index (χ1n) is 8.44. The summed E-state index contributed by atoms with van der Waals surface area (Å²) in [5, 5.41) is 17.3. The fourth-order valence-electron chi connectivity index (χ4n) is 3.01. The maximum atomic E-state index is 11.9. The zero-order valence-corrected chi connectivity index (χ0v) is 15.2. The number of hydrogen-bond acceptors (Lipinski definition) is 4. The highest BCUT2D eigenvalue weighted by atomic mass is 32.1.